The van der Waals surface area contributed by atoms with Gasteiger partial charge in [0.15, 0.2) is 34.6 Å². The summed E-state index contributed by atoms with van der Waals surface area (Å²) in [6.45, 7) is 0. The third-order valence-electron chi connectivity index (χ3n) is 3.73. The van der Waals surface area contributed by atoms with Gasteiger partial charge in [-0.25, -0.2) is 0 Å². The van der Waals surface area contributed by atoms with Crippen molar-refractivity contribution in [2.75, 3.05) is 0 Å². The van der Waals surface area contributed by atoms with E-state index in [-0.39, 0.29) is 126 Å². The maximum atomic E-state index is 10.8. The Morgan fingerprint density at radius 3 is 0.375 bits per heavy atom. The van der Waals surface area contributed by atoms with Crippen LogP contribution in [0.3, 0.4) is 0 Å². The summed E-state index contributed by atoms with van der Waals surface area (Å²) in [6, 6.07) is 0. The van der Waals surface area contributed by atoms with Gasteiger partial charge in [-0.3, -0.25) is 28.8 Å². The summed E-state index contributed by atoms with van der Waals surface area (Å²) in [5.74, 6) is -12.0. The molecule has 0 atom stereocenters. The van der Waals surface area contributed by atoms with Crippen LogP contribution < -0.4 is 0 Å². The molecule has 278 valence electrons. The Labute approximate surface area is 350 Å². The molecule has 0 aromatic rings. The van der Waals surface area contributed by atoms with Crippen molar-refractivity contribution in [1.82, 2.24) is 0 Å². The van der Waals surface area contributed by atoms with E-state index in [1.165, 1.54) is 0 Å². The maximum Gasteiger partial charge on any atom is 0.244 e. The quantitative estimate of drug-likeness (QED) is 0.125. The molecule has 0 amide bonds. The largest absolute Gasteiger partial charge is 0.503 e. The van der Waals surface area contributed by atoms with E-state index in [0.29, 0.717) is 0 Å². The molecular weight excluding hydrogens is 1060 g/mol. The number of carbonyl (C=O) groups is 6. The van der Waals surface area contributed by atoms with Crippen LogP contribution in [0.2, 0.25) is 0 Å². The number of hydrogen-bond acceptors (Lipinski definition) is 12. The summed E-state index contributed by atoms with van der Waals surface area (Å²) in [7, 11) is 0. The van der Waals surface area contributed by atoms with Crippen LogP contribution in [-0.2, 0) is 28.8 Å². The third-order valence-corrected chi connectivity index (χ3v) is 5.84. The molecule has 0 heterocycles. The molecule has 48 heavy (non-hydrogen) atoms. The minimum Gasteiger partial charge on any atom is -0.503 e. The Morgan fingerprint density at radius 2 is 0.312 bits per heavy atom. The molecule has 0 aromatic heterocycles. The molecule has 0 aliphatic heterocycles. The second-order valence-electron chi connectivity index (χ2n) is 5.95. The number of ketones is 6. The van der Waals surface area contributed by atoms with Crippen molar-refractivity contribution in [2.45, 2.75) is 0 Å². The second kappa shape index (κ2) is 33.2. The number of Topliss-reactive ketones (excluding diaryl/α,β-unsaturated/α-hetero) is 6. The first kappa shape index (κ1) is 81.2. The van der Waals surface area contributed by atoms with Crippen molar-refractivity contribution >= 4 is 104 Å². The molecule has 0 saturated heterocycles. The van der Waals surface area contributed by atoms with Crippen molar-refractivity contribution in [1.29, 1.82) is 0 Å². The van der Waals surface area contributed by atoms with Gasteiger partial charge >= 0.3 is 0 Å². The summed E-state index contributed by atoms with van der Waals surface area (Å²) < 4.78 is 0. The molecule has 3 aliphatic carbocycles. The van der Waals surface area contributed by atoms with E-state index in [2.05, 4.69) is 0 Å². The van der Waals surface area contributed by atoms with E-state index in [4.69, 9.17) is 100 Å². The fourth-order valence-electron chi connectivity index (χ4n) is 1.87. The van der Waals surface area contributed by atoms with Crippen molar-refractivity contribution in [3.63, 3.8) is 0 Å². The van der Waals surface area contributed by atoms with Crippen molar-refractivity contribution in [2.24, 2.45) is 0 Å². The van der Waals surface area contributed by atoms with E-state index >= 15 is 0 Å². The van der Waals surface area contributed by atoms with E-state index in [1.807, 2.05) is 0 Å². The van der Waals surface area contributed by atoms with Crippen LogP contribution in [0.15, 0.2) is 64.7 Å². The number of aliphatic hydroxyl groups excluding tert-OH is 6. The number of halogens is 6. The number of hydrogen-bond donors (Lipinski definition) is 6. The molecule has 0 aromatic carbocycles. The third kappa shape index (κ3) is 17.3. The SMILES string of the molecule is O.O.O.O.O.O.O.O.O.O.O=C1C(O)=C(Cl)C(=O)C(O)=C1Cl.O=C1C(O)=C(Cl)C(=O)C(O)=C1Cl.O=C1C(O)=C(Cl)C(=O)C(O)=C1Cl.[La].[La]. The van der Waals surface area contributed by atoms with Crippen LogP contribution in [-0.4, -0.2) is 120 Å². The average Bonchev–Trinajstić information content (AvgIpc) is 2.87. The smallest absolute Gasteiger partial charge is 0.244 e. The predicted octanol–water partition coefficient (Wildman–Crippen LogP) is -4.78. The molecule has 0 unspecified atom stereocenters. The van der Waals surface area contributed by atoms with Gasteiger partial charge < -0.3 is 85.4 Å². The molecule has 0 spiro atoms. The average molecular weight is 1080 g/mol. The zero-order valence-corrected chi connectivity index (χ0v) is 34.3. The summed E-state index contributed by atoms with van der Waals surface area (Å²) in [6.07, 6.45) is 0. The van der Waals surface area contributed by atoms with Gasteiger partial charge in [0.25, 0.3) is 0 Å². The number of rotatable bonds is 0. The fraction of sp³-hybridized carbons (Fsp3) is 0. The van der Waals surface area contributed by atoms with Gasteiger partial charge in [0.1, 0.15) is 30.2 Å². The normalized spacial score (nSPS) is 14.4. The van der Waals surface area contributed by atoms with Gasteiger partial charge in [-0.15, -0.1) is 0 Å². The van der Waals surface area contributed by atoms with Crippen LogP contribution in [0.4, 0.5) is 0 Å². The zero-order chi connectivity index (χ0) is 28.4. The van der Waals surface area contributed by atoms with Crippen LogP contribution in [0.5, 0.6) is 0 Å². The molecule has 0 fully saturated rings. The number of aliphatic hydroxyl groups is 6. The molecule has 0 bridgehead atoms. The van der Waals surface area contributed by atoms with Gasteiger partial charge in [-0.05, 0) is 0 Å². The summed E-state index contributed by atoms with van der Waals surface area (Å²) >= 11 is 31.1. The van der Waals surface area contributed by atoms with Crippen molar-refractivity contribution in [3.05, 3.63) is 64.7 Å². The van der Waals surface area contributed by atoms with Gasteiger partial charge in [0.05, 0.1) is 0 Å². The molecule has 2 radical (unpaired) electrons. The van der Waals surface area contributed by atoms with E-state index in [1.54, 1.807) is 0 Å². The Bertz CT molecular complexity index is 1020. The molecular formula is C18H26Cl6La2O22. The zero-order valence-electron chi connectivity index (χ0n) is 22.6. The first-order valence-corrected chi connectivity index (χ1v) is 10.5. The Hall–Kier alpha value is -1.01. The standard InChI is InChI=1S/3C6H2Cl2O4.2La.10H2O/c3*7-1-3(9)5(11)2(8)6(12)4(1)10;;;;;;;;;;;;/h3*9,12H;;;10*1H2. The molecule has 3 rings (SSSR count). The molecule has 3 aliphatic rings. The van der Waals surface area contributed by atoms with Crippen LogP contribution in [0, 0.1) is 71.2 Å². The topological polar surface area (TPSA) is 539 Å². The van der Waals surface area contributed by atoms with Crippen LogP contribution in [0.1, 0.15) is 0 Å². The van der Waals surface area contributed by atoms with Gasteiger partial charge in [-0.1, -0.05) is 69.6 Å². The van der Waals surface area contributed by atoms with Crippen LogP contribution in [0.25, 0.3) is 0 Å². The van der Waals surface area contributed by atoms with Crippen molar-refractivity contribution in [3.8, 4) is 0 Å². The number of allylic oxidation sites excluding steroid dienone is 6. The maximum absolute atomic E-state index is 10.8. The van der Waals surface area contributed by atoms with Crippen LogP contribution >= 0.6 is 69.6 Å². The Balaban J connectivity index is -0.0000000360. The molecule has 22 nitrogen and oxygen atoms in total. The van der Waals surface area contributed by atoms with Gasteiger partial charge in [0, 0.05) is 71.2 Å². The van der Waals surface area contributed by atoms with Gasteiger partial charge in [0.2, 0.25) is 34.7 Å². The summed E-state index contributed by atoms with van der Waals surface area (Å²) in [5.41, 5.74) is 0. The first-order valence-electron chi connectivity index (χ1n) is 8.20. The Morgan fingerprint density at radius 1 is 0.250 bits per heavy atom. The van der Waals surface area contributed by atoms with Crippen molar-refractivity contribution < 1.29 is 185 Å². The first-order chi connectivity index (χ1) is 16.4. The second-order valence-corrected chi connectivity index (χ2v) is 8.22. The Kier molecular flexibility index (Phi) is 56.1. The minimum absolute atomic E-state index is 0. The predicted molar refractivity (Wildman–Crippen MR) is 159 cm³/mol. The molecule has 0 saturated carbocycles. The molecule has 30 heteroatoms. The number of carbonyl (C=O) groups excluding carboxylic acids is 6. The minimum atomic E-state index is -1.06. The summed E-state index contributed by atoms with van der Waals surface area (Å²) in [5, 5.41) is 48.8. The van der Waals surface area contributed by atoms with Gasteiger partial charge in [-0.2, -0.15) is 0 Å². The monoisotopic (exact) mass is 1080 g/mol. The molecule has 26 N–H and O–H groups in total. The van der Waals surface area contributed by atoms with E-state index in [9.17, 15) is 28.8 Å². The fourth-order valence-corrected chi connectivity index (χ4v) is 2.92. The van der Waals surface area contributed by atoms with E-state index in [0.717, 1.165) is 0 Å². The summed E-state index contributed by atoms with van der Waals surface area (Å²) in [4.78, 5) is 64.8. The van der Waals surface area contributed by atoms with E-state index < -0.39 is 99.4 Å².